The molecule has 3 rings (SSSR count). The summed E-state index contributed by atoms with van der Waals surface area (Å²) in [5.41, 5.74) is 5.25. The predicted octanol–water partition coefficient (Wildman–Crippen LogP) is 6.44. The first-order chi connectivity index (χ1) is 15.0. The summed E-state index contributed by atoms with van der Waals surface area (Å²) in [6.07, 6.45) is 8.99. The quantitative estimate of drug-likeness (QED) is 0.413. The molecule has 2 aromatic carbocycles. The Morgan fingerprint density at radius 2 is 1.61 bits per heavy atom. The molecule has 0 saturated carbocycles. The van der Waals surface area contributed by atoms with E-state index in [-0.39, 0.29) is 11.9 Å². The SMILES string of the molecule is CCCCc1ccc(-c2ccc(-n3cncc3C(=O)N[C@@H](C)CCC(C)C)cc2)cc1. The minimum Gasteiger partial charge on any atom is -0.348 e. The number of rotatable bonds is 10. The molecule has 1 N–H and O–H groups in total. The molecule has 0 saturated heterocycles. The minimum absolute atomic E-state index is 0.0829. The molecule has 0 aliphatic carbocycles. The van der Waals surface area contributed by atoms with Gasteiger partial charge in [-0.1, -0.05) is 63.6 Å². The lowest BCUT2D eigenvalue weighted by Crippen LogP contribution is -2.33. The summed E-state index contributed by atoms with van der Waals surface area (Å²) in [7, 11) is 0. The van der Waals surface area contributed by atoms with Crippen LogP contribution in [-0.2, 0) is 6.42 Å². The van der Waals surface area contributed by atoms with Crippen molar-refractivity contribution in [2.45, 2.75) is 65.8 Å². The first kappa shape index (κ1) is 22.8. The molecule has 31 heavy (non-hydrogen) atoms. The second-order valence-corrected chi connectivity index (χ2v) is 8.84. The van der Waals surface area contributed by atoms with E-state index < -0.39 is 0 Å². The van der Waals surface area contributed by atoms with Crippen molar-refractivity contribution in [2.75, 3.05) is 0 Å². The molecule has 0 radical (unpaired) electrons. The summed E-state index contributed by atoms with van der Waals surface area (Å²) < 4.78 is 1.85. The molecular weight excluding hydrogens is 382 g/mol. The van der Waals surface area contributed by atoms with E-state index >= 15 is 0 Å². The third-order valence-corrected chi connectivity index (χ3v) is 5.68. The largest absolute Gasteiger partial charge is 0.348 e. The number of imidazole rings is 1. The Morgan fingerprint density at radius 3 is 2.23 bits per heavy atom. The van der Waals surface area contributed by atoms with Crippen LogP contribution in [0.4, 0.5) is 0 Å². The molecule has 0 unspecified atom stereocenters. The van der Waals surface area contributed by atoms with Crippen molar-refractivity contribution in [1.29, 1.82) is 0 Å². The van der Waals surface area contributed by atoms with Gasteiger partial charge in [0.2, 0.25) is 0 Å². The fourth-order valence-corrected chi connectivity index (χ4v) is 3.68. The van der Waals surface area contributed by atoms with Crippen molar-refractivity contribution < 1.29 is 4.79 Å². The Kier molecular flexibility index (Phi) is 8.05. The lowest BCUT2D eigenvalue weighted by Gasteiger charge is -2.16. The van der Waals surface area contributed by atoms with Crippen molar-refractivity contribution in [3.63, 3.8) is 0 Å². The number of aromatic nitrogens is 2. The molecule has 1 atom stereocenters. The first-order valence-corrected chi connectivity index (χ1v) is 11.5. The van der Waals surface area contributed by atoms with Gasteiger partial charge in [-0.05, 0) is 67.3 Å². The Bertz CT molecular complexity index is 955. The van der Waals surface area contributed by atoms with Crippen LogP contribution in [-0.4, -0.2) is 21.5 Å². The fourth-order valence-electron chi connectivity index (χ4n) is 3.68. The highest BCUT2D eigenvalue weighted by atomic mass is 16.2. The Balaban J connectivity index is 1.69. The van der Waals surface area contributed by atoms with Crippen LogP contribution in [0.3, 0.4) is 0 Å². The highest BCUT2D eigenvalue weighted by molar-refractivity contribution is 5.93. The summed E-state index contributed by atoms with van der Waals surface area (Å²) in [6, 6.07) is 17.2. The number of carbonyl (C=O) groups is 1. The number of unbranched alkanes of at least 4 members (excludes halogenated alkanes) is 1. The Labute approximate surface area is 186 Å². The van der Waals surface area contributed by atoms with E-state index in [0.29, 0.717) is 11.6 Å². The highest BCUT2D eigenvalue weighted by Crippen LogP contribution is 2.23. The van der Waals surface area contributed by atoms with E-state index in [9.17, 15) is 4.79 Å². The maximum absolute atomic E-state index is 12.8. The number of benzene rings is 2. The molecule has 0 bridgehead atoms. The number of nitrogens with one attached hydrogen (secondary N) is 1. The van der Waals surface area contributed by atoms with E-state index in [1.807, 2.05) is 16.7 Å². The average Bonchev–Trinajstić information content (AvgIpc) is 3.27. The molecular formula is C27H35N3O. The van der Waals surface area contributed by atoms with Gasteiger partial charge in [-0.15, -0.1) is 0 Å². The van der Waals surface area contributed by atoms with Gasteiger partial charge in [0.25, 0.3) is 5.91 Å². The summed E-state index contributed by atoms with van der Waals surface area (Å²) in [4.78, 5) is 17.0. The Morgan fingerprint density at radius 1 is 0.968 bits per heavy atom. The van der Waals surface area contributed by atoms with Crippen LogP contribution in [0.2, 0.25) is 0 Å². The third kappa shape index (κ3) is 6.30. The third-order valence-electron chi connectivity index (χ3n) is 5.68. The van der Waals surface area contributed by atoms with Crippen LogP contribution < -0.4 is 5.32 Å². The Hall–Kier alpha value is -2.88. The average molecular weight is 418 g/mol. The zero-order chi connectivity index (χ0) is 22.2. The van der Waals surface area contributed by atoms with Gasteiger partial charge in [0.15, 0.2) is 0 Å². The summed E-state index contributed by atoms with van der Waals surface area (Å²) in [5, 5.41) is 3.11. The predicted molar refractivity (Wildman–Crippen MR) is 129 cm³/mol. The van der Waals surface area contributed by atoms with E-state index in [1.54, 1.807) is 12.5 Å². The normalized spacial score (nSPS) is 12.2. The zero-order valence-electron chi connectivity index (χ0n) is 19.3. The number of carbonyl (C=O) groups excluding carboxylic acids is 1. The van der Waals surface area contributed by atoms with Gasteiger partial charge in [-0.25, -0.2) is 4.98 Å². The van der Waals surface area contributed by atoms with Crippen molar-refractivity contribution in [2.24, 2.45) is 5.92 Å². The smallest absolute Gasteiger partial charge is 0.270 e. The highest BCUT2D eigenvalue weighted by Gasteiger charge is 2.15. The van der Waals surface area contributed by atoms with Crippen molar-refractivity contribution in [1.82, 2.24) is 14.9 Å². The number of aryl methyl sites for hydroxylation is 1. The topological polar surface area (TPSA) is 46.9 Å². The molecule has 164 valence electrons. The van der Waals surface area contributed by atoms with E-state index in [2.05, 4.69) is 74.4 Å². The first-order valence-electron chi connectivity index (χ1n) is 11.5. The van der Waals surface area contributed by atoms with Gasteiger partial charge in [-0.3, -0.25) is 9.36 Å². The van der Waals surface area contributed by atoms with Gasteiger partial charge < -0.3 is 5.32 Å². The molecule has 4 nitrogen and oxygen atoms in total. The van der Waals surface area contributed by atoms with Crippen LogP contribution in [0.25, 0.3) is 16.8 Å². The second-order valence-electron chi connectivity index (χ2n) is 8.84. The maximum atomic E-state index is 12.8. The van der Waals surface area contributed by atoms with Crippen LogP contribution in [0.5, 0.6) is 0 Å². The van der Waals surface area contributed by atoms with Crippen molar-refractivity contribution in [3.8, 4) is 16.8 Å². The lowest BCUT2D eigenvalue weighted by atomic mass is 10.0. The van der Waals surface area contributed by atoms with E-state index in [0.717, 1.165) is 24.9 Å². The van der Waals surface area contributed by atoms with Gasteiger partial charge in [0, 0.05) is 11.7 Å². The van der Waals surface area contributed by atoms with Gasteiger partial charge in [-0.2, -0.15) is 0 Å². The minimum atomic E-state index is -0.0829. The summed E-state index contributed by atoms with van der Waals surface area (Å²) >= 11 is 0. The van der Waals surface area contributed by atoms with Crippen LogP contribution in [0.15, 0.2) is 61.1 Å². The van der Waals surface area contributed by atoms with Crippen LogP contribution in [0.1, 0.15) is 69.4 Å². The summed E-state index contributed by atoms with van der Waals surface area (Å²) in [5.74, 6) is 0.552. The van der Waals surface area contributed by atoms with Crippen LogP contribution >= 0.6 is 0 Å². The summed E-state index contributed by atoms with van der Waals surface area (Å²) in [6.45, 7) is 8.68. The van der Waals surface area contributed by atoms with Crippen molar-refractivity contribution >= 4 is 5.91 Å². The molecule has 4 heteroatoms. The van der Waals surface area contributed by atoms with E-state index in [1.165, 1.54) is 29.5 Å². The van der Waals surface area contributed by atoms with Gasteiger partial charge in [0.05, 0.1) is 12.5 Å². The number of nitrogens with zero attached hydrogens (tertiary/aromatic N) is 2. The van der Waals surface area contributed by atoms with Crippen molar-refractivity contribution in [3.05, 3.63) is 72.3 Å². The molecule has 1 heterocycles. The maximum Gasteiger partial charge on any atom is 0.270 e. The number of amides is 1. The molecule has 0 fully saturated rings. The molecule has 0 spiro atoms. The molecule has 1 aromatic heterocycles. The van der Waals surface area contributed by atoms with Crippen LogP contribution in [0, 0.1) is 5.92 Å². The van der Waals surface area contributed by atoms with Gasteiger partial charge in [0.1, 0.15) is 5.69 Å². The zero-order valence-corrected chi connectivity index (χ0v) is 19.3. The molecule has 0 aliphatic rings. The molecule has 1 amide bonds. The van der Waals surface area contributed by atoms with Gasteiger partial charge >= 0.3 is 0 Å². The number of hydrogen-bond acceptors (Lipinski definition) is 2. The van der Waals surface area contributed by atoms with E-state index in [4.69, 9.17) is 0 Å². The number of hydrogen-bond donors (Lipinski definition) is 1. The fraction of sp³-hybridized carbons (Fsp3) is 0.407. The standard InChI is InChI=1S/C27H35N3O/c1-5-6-7-22-10-12-23(13-11-22)24-14-16-25(17-15-24)30-19-28-18-26(30)27(31)29-21(4)9-8-20(2)3/h10-21H,5-9H2,1-4H3,(H,29,31)/t21-/m0/s1. The molecule has 3 aromatic rings. The monoisotopic (exact) mass is 417 g/mol. The lowest BCUT2D eigenvalue weighted by molar-refractivity contribution is 0.0930. The second kappa shape index (κ2) is 10.9. The molecule has 0 aliphatic heterocycles.